The Bertz CT molecular complexity index is 1350. The molecule has 0 saturated carbocycles. The largest absolute Gasteiger partial charge is 0.477 e. The van der Waals surface area contributed by atoms with Gasteiger partial charge in [-0.25, -0.2) is 9.59 Å². The fraction of sp³-hybridized carbons (Fsp3) is 0.188. The van der Waals surface area contributed by atoms with Crippen molar-refractivity contribution in [2.45, 2.75) is 39.0 Å². The standard InChI is InChI=1S/C32H29N3O4/c1-2-3-4-5-6-23-7-13-28(14-8-23)35(29-15-9-24(10-16-29)19-26(21-33)31(36)37)30-17-11-25(12-18-30)20-27(22-34)32(38)39/h7-20H,2-6H2,1H3,(H,36,37)(H,38,39)/b26-19-,27-20+. The fourth-order valence-corrected chi connectivity index (χ4v) is 4.07. The summed E-state index contributed by atoms with van der Waals surface area (Å²) in [5.74, 6) is -2.57. The summed E-state index contributed by atoms with van der Waals surface area (Å²) < 4.78 is 0. The number of unbranched alkanes of at least 4 members (excludes halogenated alkanes) is 3. The Morgan fingerprint density at radius 3 is 1.46 bits per heavy atom. The Balaban J connectivity index is 1.98. The molecule has 2 N–H and O–H groups in total. The summed E-state index contributed by atoms with van der Waals surface area (Å²) in [5.41, 5.74) is 4.24. The maximum atomic E-state index is 11.2. The van der Waals surface area contributed by atoms with Gasteiger partial charge in [-0.05, 0) is 78.1 Å². The summed E-state index contributed by atoms with van der Waals surface area (Å²) in [5, 5.41) is 36.4. The van der Waals surface area contributed by atoms with Crippen molar-refractivity contribution in [1.29, 1.82) is 10.5 Å². The normalized spacial score (nSPS) is 11.4. The van der Waals surface area contributed by atoms with Crippen LogP contribution in [-0.2, 0) is 16.0 Å². The van der Waals surface area contributed by atoms with Crippen molar-refractivity contribution in [3.8, 4) is 12.1 Å². The highest BCUT2D eigenvalue weighted by Gasteiger charge is 2.14. The van der Waals surface area contributed by atoms with E-state index in [4.69, 9.17) is 20.7 Å². The van der Waals surface area contributed by atoms with E-state index in [0.29, 0.717) is 11.1 Å². The van der Waals surface area contributed by atoms with Gasteiger partial charge in [-0.2, -0.15) is 10.5 Å². The van der Waals surface area contributed by atoms with E-state index in [1.54, 1.807) is 36.4 Å². The molecule has 0 aliphatic carbocycles. The lowest BCUT2D eigenvalue weighted by Gasteiger charge is -2.26. The Morgan fingerprint density at radius 2 is 1.10 bits per heavy atom. The van der Waals surface area contributed by atoms with Crippen molar-refractivity contribution in [1.82, 2.24) is 0 Å². The maximum Gasteiger partial charge on any atom is 0.346 e. The van der Waals surface area contributed by atoms with Gasteiger partial charge in [0.25, 0.3) is 0 Å². The van der Waals surface area contributed by atoms with Crippen LogP contribution in [0.15, 0.2) is 83.9 Å². The van der Waals surface area contributed by atoms with Crippen molar-refractivity contribution in [2.75, 3.05) is 4.90 Å². The maximum absolute atomic E-state index is 11.2. The van der Waals surface area contributed by atoms with Gasteiger partial charge in [-0.1, -0.05) is 62.6 Å². The minimum absolute atomic E-state index is 0.351. The Kier molecular flexibility index (Phi) is 10.2. The average Bonchev–Trinajstić information content (AvgIpc) is 2.95. The fourth-order valence-electron chi connectivity index (χ4n) is 4.07. The van der Waals surface area contributed by atoms with Crippen LogP contribution in [0.1, 0.15) is 49.3 Å². The van der Waals surface area contributed by atoms with E-state index in [9.17, 15) is 9.59 Å². The second kappa shape index (κ2) is 14.0. The number of aliphatic carboxylic acids is 2. The van der Waals surface area contributed by atoms with Gasteiger partial charge in [-0.3, -0.25) is 0 Å². The molecule has 7 heteroatoms. The number of anilines is 3. The molecule has 0 aliphatic heterocycles. The van der Waals surface area contributed by atoms with E-state index in [0.717, 1.165) is 29.9 Å². The molecule has 0 bridgehead atoms. The molecule has 0 saturated heterocycles. The van der Waals surface area contributed by atoms with Crippen LogP contribution in [0, 0.1) is 22.7 Å². The topological polar surface area (TPSA) is 125 Å². The molecule has 0 atom stereocenters. The molecule has 0 amide bonds. The summed E-state index contributed by atoms with van der Waals surface area (Å²) in [6, 6.07) is 26.0. The first-order valence-electron chi connectivity index (χ1n) is 12.7. The Morgan fingerprint density at radius 1 is 0.692 bits per heavy atom. The van der Waals surface area contributed by atoms with Crippen LogP contribution in [0.4, 0.5) is 17.1 Å². The minimum atomic E-state index is -1.28. The van der Waals surface area contributed by atoms with E-state index >= 15 is 0 Å². The molecule has 3 aromatic carbocycles. The van der Waals surface area contributed by atoms with Crippen LogP contribution in [0.3, 0.4) is 0 Å². The van der Waals surface area contributed by atoms with Gasteiger partial charge >= 0.3 is 11.9 Å². The second-order valence-corrected chi connectivity index (χ2v) is 8.95. The van der Waals surface area contributed by atoms with Gasteiger partial charge in [-0.15, -0.1) is 0 Å². The molecule has 0 aliphatic rings. The SMILES string of the molecule is CCCCCCc1ccc(N(c2ccc(/C=C(/C#N)C(=O)O)cc2)c2ccc(/C=C(\C#N)C(=O)O)cc2)cc1. The lowest BCUT2D eigenvalue weighted by molar-refractivity contribution is -0.133. The quantitative estimate of drug-likeness (QED) is 0.146. The van der Waals surface area contributed by atoms with E-state index < -0.39 is 11.9 Å². The van der Waals surface area contributed by atoms with E-state index in [-0.39, 0.29) is 11.1 Å². The molecular formula is C32H29N3O4. The van der Waals surface area contributed by atoms with Crippen LogP contribution < -0.4 is 4.90 Å². The number of hydrogen-bond acceptors (Lipinski definition) is 5. The highest BCUT2D eigenvalue weighted by atomic mass is 16.4. The molecule has 0 spiro atoms. The van der Waals surface area contributed by atoms with Crippen molar-refractivity contribution in [3.63, 3.8) is 0 Å². The number of hydrogen-bond donors (Lipinski definition) is 2. The van der Waals surface area contributed by atoms with Crippen molar-refractivity contribution in [3.05, 3.63) is 101 Å². The van der Waals surface area contributed by atoms with Crippen LogP contribution in [0.2, 0.25) is 0 Å². The zero-order valence-corrected chi connectivity index (χ0v) is 21.7. The van der Waals surface area contributed by atoms with Crippen molar-refractivity contribution < 1.29 is 19.8 Å². The molecule has 196 valence electrons. The van der Waals surface area contributed by atoms with Crippen LogP contribution in [0.5, 0.6) is 0 Å². The number of carboxylic acids is 2. The first kappa shape index (κ1) is 28.4. The number of nitrogens with zero attached hydrogens (tertiary/aromatic N) is 3. The van der Waals surface area contributed by atoms with Crippen molar-refractivity contribution in [2.24, 2.45) is 0 Å². The lowest BCUT2D eigenvalue weighted by atomic mass is 10.0. The minimum Gasteiger partial charge on any atom is -0.477 e. The highest BCUT2D eigenvalue weighted by Crippen LogP contribution is 2.35. The number of aryl methyl sites for hydroxylation is 1. The summed E-state index contributed by atoms with van der Waals surface area (Å²) in [6.45, 7) is 2.19. The zero-order chi connectivity index (χ0) is 28.2. The molecule has 0 radical (unpaired) electrons. The predicted molar refractivity (Wildman–Crippen MR) is 151 cm³/mol. The van der Waals surface area contributed by atoms with Gasteiger partial charge < -0.3 is 15.1 Å². The van der Waals surface area contributed by atoms with Crippen LogP contribution in [-0.4, -0.2) is 22.2 Å². The van der Waals surface area contributed by atoms with Crippen molar-refractivity contribution >= 4 is 41.2 Å². The Labute approximate surface area is 228 Å². The highest BCUT2D eigenvalue weighted by molar-refractivity contribution is 5.97. The number of rotatable bonds is 12. The molecule has 0 unspecified atom stereocenters. The number of benzene rings is 3. The summed E-state index contributed by atoms with van der Waals surface area (Å²) in [6.07, 6.45) is 8.42. The molecule has 0 fully saturated rings. The predicted octanol–water partition coefficient (Wildman–Crippen LogP) is 7.26. The second-order valence-electron chi connectivity index (χ2n) is 8.95. The smallest absolute Gasteiger partial charge is 0.346 e. The Hall–Kier alpha value is -5.14. The van der Waals surface area contributed by atoms with Gasteiger partial charge in [0.15, 0.2) is 0 Å². The number of carboxylic acid groups (broad SMARTS) is 2. The van der Waals surface area contributed by atoms with Gasteiger partial charge in [0.05, 0.1) is 0 Å². The molecular weight excluding hydrogens is 490 g/mol. The third-order valence-corrected chi connectivity index (χ3v) is 6.14. The van der Waals surface area contributed by atoms with Crippen LogP contribution >= 0.6 is 0 Å². The molecule has 39 heavy (non-hydrogen) atoms. The summed E-state index contributed by atoms with van der Waals surface area (Å²) in [4.78, 5) is 24.4. The first-order chi connectivity index (χ1) is 18.9. The first-order valence-corrected chi connectivity index (χ1v) is 12.7. The molecule has 3 aromatic rings. The van der Waals surface area contributed by atoms with E-state index in [1.807, 2.05) is 41.3 Å². The van der Waals surface area contributed by atoms with Gasteiger partial charge in [0.1, 0.15) is 23.3 Å². The molecule has 0 aromatic heterocycles. The average molecular weight is 520 g/mol. The van der Waals surface area contributed by atoms with Gasteiger partial charge in [0.2, 0.25) is 0 Å². The lowest BCUT2D eigenvalue weighted by Crippen LogP contribution is -2.10. The van der Waals surface area contributed by atoms with E-state index in [2.05, 4.69) is 19.1 Å². The molecule has 0 heterocycles. The molecule has 7 nitrogen and oxygen atoms in total. The zero-order valence-electron chi connectivity index (χ0n) is 21.7. The van der Waals surface area contributed by atoms with Gasteiger partial charge in [0, 0.05) is 17.1 Å². The monoisotopic (exact) mass is 519 g/mol. The molecule has 3 rings (SSSR count). The summed E-state index contributed by atoms with van der Waals surface area (Å²) in [7, 11) is 0. The van der Waals surface area contributed by atoms with Crippen LogP contribution in [0.25, 0.3) is 12.2 Å². The third kappa shape index (κ3) is 7.92. The summed E-state index contributed by atoms with van der Waals surface area (Å²) >= 11 is 0. The number of carbonyl (C=O) groups is 2. The third-order valence-electron chi connectivity index (χ3n) is 6.14. The number of nitriles is 2. The van der Waals surface area contributed by atoms with E-state index in [1.165, 1.54) is 37.0 Å².